The molecule has 88 valence electrons. The summed E-state index contributed by atoms with van der Waals surface area (Å²) in [5.74, 6) is 0.121. The predicted molar refractivity (Wildman–Crippen MR) is 66.9 cm³/mol. The van der Waals surface area contributed by atoms with Crippen LogP contribution in [0.15, 0.2) is 6.20 Å². The summed E-state index contributed by atoms with van der Waals surface area (Å²) >= 11 is 1.53. The number of amidine groups is 1. The summed E-state index contributed by atoms with van der Waals surface area (Å²) in [6.45, 7) is 4.34. The predicted octanol–water partition coefficient (Wildman–Crippen LogP) is 1.80. The largest absolute Gasteiger partial charge is 0.383 e. The molecule has 16 heavy (non-hydrogen) atoms. The summed E-state index contributed by atoms with van der Waals surface area (Å²) in [6, 6.07) is 0.651. The van der Waals surface area contributed by atoms with E-state index < -0.39 is 0 Å². The van der Waals surface area contributed by atoms with E-state index in [1.54, 1.807) is 6.20 Å². The van der Waals surface area contributed by atoms with Crippen molar-refractivity contribution in [2.45, 2.75) is 38.8 Å². The van der Waals surface area contributed by atoms with Gasteiger partial charge in [0.15, 0.2) is 0 Å². The lowest BCUT2D eigenvalue weighted by atomic mass is 10.0. The Kier molecular flexibility index (Phi) is 3.56. The molecule has 0 radical (unpaired) electrons. The van der Waals surface area contributed by atoms with Gasteiger partial charge in [-0.15, -0.1) is 11.3 Å². The fourth-order valence-corrected chi connectivity index (χ4v) is 2.88. The number of likely N-dealkylation sites (tertiary alicyclic amines) is 1. The second kappa shape index (κ2) is 4.93. The molecule has 0 aromatic carbocycles. The molecule has 1 aromatic rings. The van der Waals surface area contributed by atoms with Crippen molar-refractivity contribution >= 4 is 17.2 Å². The van der Waals surface area contributed by atoms with Crippen molar-refractivity contribution in [2.75, 3.05) is 6.54 Å². The van der Waals surface area contributed by atoms with Crippen molar-refractivity contribution in [1.82, 2.24) is 9.88 Å². The van der Waals surface area contributed by atoms with Gasteiger partial charge in [0.1, 0.15) is 10.8 Å². The van der Waals surface area contributed by atoms with Crippen molar-refractivity contribution in [2.24, 2.45) is 5.73 Å². The lowest BCUT2D eigenvalue weighted by Crippen LogP contribution is -2.36. The standard InChI is InChI=1S/C11H18N4S/c1-8-4-2-3-5-15(8)7-10-14-6-9(16-10)11(12)13/h6,8H,2-5,7H2,1H3,(H3,12,13). The molecule has 2 rings (SSSR count). The Bertz CT molecular complexity index is 374. The van der Waals surface area contributed by atoms with Gasteiger partial charge in [-0.05, 0) is 26.3 Å². The summed E-state index contributed by atoms with van der Waals surface area (Å²) in [6.07, 6.45) is 5.62. The molecular weight excluding hydrogens is 220 g/mol. The molecular formula is C11H18N4S. The van der Waals surface area contributed by atoms with Crippen LogP contribution in [0.25, 0.3) is 0 Å². The van der Waals surface area contributed by atoms with E-state index in [-0.39, 0.29) is 5.84 Å². The summed E-state index contributed by atoms with van der Waals surface area (Å²) in [4.78, 5) is 7.56. The second-order valence-corrected chi connectivity index (χ2v) is 5.46. The Labute approximate surface area is 100.0 Å². The third-order valence-corrected chi connectivity index (χ3v) is 4.11. The highest BCUT2D eigenvalue weighted by Gasteiger charge is 2.19. The highest BCUT2D eigenvalue weighted by molar-refractivity contribution is 7.13. The number of nitrogen functional groups attached to an aromatic ring is 1. The molecule has 1 atom stereocenters. The van der Waals surface area contributed by atoms with E-state index in [0.717, 1.165) is 23.0 Å². The van der Waals surface area contributed by atoms with E-state index in [1.807, 2.05) is 0 Å². The number of hydrogen-bond donors (Lipinski definition) is 2. The molecule has 0 bridgehead atoms. The molecule has 0 amide bonds. The van der Waals surface area contributed by atoms with E-state index in [4.69, 9.17) is 11.1 Å². The molecule has 1 fully saturated rings. The van der Waals surface area contributed by atoms with Gasteiger partial charge in [-0.1, -0.05) is 6.42 Å². The first kappa shape index (κ1) is 11.5. The van der Waals surface area contributed by atoms with Gasteiger partial charge in [-0.2, -0.15) is 0 Å². The number of thiazole rings is 1. The molecule has 3 N–H and O–H groups in total. The van der Waals surface area contributed by atoms with Gasteiger partial charge in [-0.25, -0.2) is 4.98 Å². The molecule has 1 unspecified atom stereocenters. The van der Waals surface area contributed by atoms with Gasteiger partial charge in [-0.3, -0.25) is 10.3 Å². The fourth-order valence-electron chi connectivity index (χ4n) is 2.07. The van der Waals surface area contributed by atoms with E-state index >= 15 is 0 Å². The third kappa shape index (κ3) is 2.59. The summed E-state index contributed by atoms with van der Waals surface area (Å²) in [5.41, 5.74) is 5.43. The highest BCUT2D eigenvalue weighted by Crippen LogP contribution is 2.21. The molecule has 1 aliphatic heterocycles. The Morgan fingerprint density at radius 2 is 2.50 bits per heavy atom. The Morgan fingerprint density at radius 3 is 3.12 bits per heavy atom. The Morgan fingerprint density at radius 1 is 1.69 bits per heavy atom. The molecule has 1 saturated heterocycles. The molecule has 1 aromatic heterocycles. The maximum absolute atomic E-state index is 7.34. The van der Waals surface area contributed by atoms with Gasteiger partial charge in [0.05, 0.1) is 11.4 Å². The normalized spacial score (nSPS) is 22.2. The number of nitrogens with one attached hydrogen (secondary N) is 1. The van der Waals surface area contributed by atoms with E-state index in [2.05, 4.69) is 16.8 Å². The first-order valence-corrected chi connectivity index (χ1v) is 6.51. The molecule has 0 aliphatic carbocycles. The average molecular weight is 238 g/mol. The minimum atomic E-state index is 0.121. The number of nitrogens with zero attached hydrogens (tertiary/aromatic N) is 2. The number of rotatable bonds is 3. The number of hydrogen-bond acceptors (Lipinski definition) is 4. The van der Waals surface area contributed by atoms with Crippen LogP contribution in [0.1, 0.15) is 36.1 Å². The van der Waals surface area contributed by atoms with E-state index in [0.29, 0.717) is 6.04 Å². The van der Waals surface area contributed by atoms with Crippen molar-refractivity contribution in [3.05, 3.63) is 16.1 Å². The zero-order chi connectivity index (χ0) is 11.5. The van der Waals surface area contributed by atoms with Gasteiger partial charge in [0.25, 0.3) is 0 Å². The van der Waals surface area contributed by atoms with Gasteiger partial charge in [0.2, 0.25) is 0 Å². The smallest absolute Gasteiger partial charge is 0.134 e. The van der Waals surface area contributed by atoms with Crippen molar-refractivity contribution in [3.8, 4) is 0 Å². The van der Waals surface area contributed by atoms with Gasteiger partial charge >= 0.3 is 0 Å². The molecule has 0 spiro atoms. The third-order valence-electron chi connectivity index (χ3n) is 3.10. The average Bonchev–Trinajstić information content (AvgIpc) is 2.70. The maximum atomic E-state index is 7.34. The van der Waals surface area contributed by atoms with Crippen LogP contribution in [0.2, 0.25) is 0 Å². The number of aromatic nitrogens is 1. The maximum Gasteiger partial charge on any atom is 0.134 e. The van der Waals surface area contributed by atoms with Crippen molar-refractivity contribution in [3.63, 3.8) is 0 Å². The van der Waals surface area contributed by atoms with Crippen LogP contribution in [-0.4, -0.2) is 28.3 Å². The van der Waals surface area contributed by atoms with Crippen LogP contribution in [0, 0.1) is 5.41 Å². The zero-order valence-corrected chi connectivity index (χ0v) is 10.4. The van der Waals surface area contributed by atoms with Crippen molar-refractivity contribution < 1.29 is 0 Å². The van der Waals surface area contributed by atoms with Gasteiger partial charge < -0.3 is 5.73 Å². The van der Waals surface area contributed by atoms with Crippen LogP contribution < -0.4 is 5.73 Å². The Hall–Kier alpha value is -0.940. The fraction of sp³-hybridized carbons (Fsp3) is 0.636. The molecule has 2 heterocycles. The summed E-state index contributed by atoms with van der Waals surface area (Å²) in [5, 5.41) is 8.41. The van der Waals surface area contributed by atoms with Crippen LogP contribution in [-0.2, 0) is 6.54 Å². The number of piperidine rings is 1. The topological polar surface area (TPSA) is 66.0 Å². The molecule has 4 nitrogen and oxygen atoms in total. The lowest BCUT2D eigenvalue weighted by molar-refractivity contribution is 0.152. The Balaban J connectivity index is 1.99. The first-order valence-electron chi connectivity index (χ1n) is 5.70. The molecule has 5 heteroatoms. The second-order valence-electron chi connectivity index (χ2n) is 4.35. The number of nitrogens with two attached hydrogens (primary N) is 1. The minimum Gasteiger partial charge on any atom is -0.383 e. The first-order chi connectivity index (χ1) is 7.66. The van der Waals surface area contributed by atoms with Gasteiger partial charge in [0, 0.05) is 12.2 Å². The summed E-state index contributed by atoms with van der Waals surface area (Å²) in [7, 11) is 0. The minimum absolute atomic E-state index is 0.121. The molecule has 0 saturated carbocycles. The summed E-state index contributed by atoms with van der Waals surface area (Å²) < 4.78 is 0. The van der Waals surface area contributed by atoms with Crippen LogP contribution in [0.5, 0.6) is 0 Å². The van der Waals surface area contributed by atoms with E-state index in [1.165, 1.54) is 30.6 Å². The van der Waals surface area contributed by atoms with Crippen LogP contribution in [0.3, 0.4) is 0 Å². The van der Waals surface area contributed by atoms with Crippen molar-refractivity contribution in [1.29, 1.82) is 5.41 Å². The highest BCUT2D eigenvalue weighted by atomic mass is 32.1. The lowest BCUT2D eigenvalue weighted by Gasteiger charge is -2.32. The van der Waals surface area contributed by atoms with E-state index in [9.17, 15) is 0 Å². The molecule has 1 aliphatic rings. The quantitative estimate of drug-likeness (QED) is 0.623. The SMILES string of the molecule is CC1CCCCN1Cc1ncc(C(=N)N)s1. The van der Waals surface area contributed by atoms with Crippen LogP contribution >= 0.6 is 11.3 Å². The monoisotopic (exact) mass is 238 g/mol. The van der Waals surface area contributed by atoms with Crippen LogP contribution in [0.4, 0.5) is 0 Å². The zero-order valence-electron chi connectivity index (χ0n) is 9.57.